The minimum absolute atomic E-state index is 0.000577. The van der Waals surface area contributed by atoms with Crippen molar-refractivity contribution in [1.29, 1.82) is 0 Å². The fraction of sp³-hybridized carbons (Fsp3) is 0.182. The number of para-hydroxylation sites is 1. The van der Waals surface area contributed by atoms with Crippen LogP contribution in [-0.4, -0.2) is 56.3 Å². The summed E-state index contributed by atoms with van der Waals surface area (Å²) >= 11 is 0. The first-order valence-corrected chi connectivity index (χ1v) is 10.3. The number of nitrogens with zero attached hydrogens (tertiary/aromatic N) is 8. The Morgan fingerprint density at radius 2 is 1.47 bits per heavy atom. The molecule has 0 aliphatic carbocycles. The molecular weight excluding hydrogens is 408 g/mol. The number of tetrazole rings is 1. The number of pyridine rings is 1. The molecule has 32 heavy (non-hydrogen) atoms. The standard InChI is InChI=1S/C22H20N8O2/c31-30(32)19-11-12-20(23-21(19)17-7-3-1-4-8-17)27-13-15-28(16-14-27)22-24-25-26-29(22)18-9-5-2-6-10-18/h1-12H,13-16H2. The quantitative estimate of drug-likeness (QED) is 0.353. The first kappa shape index (κ1) is 19.6. The second kappa shape index (κ2) is 8.42. The second-order valence-electron chi connectivity index (χ2n) is 7.36. The lowest BCUT2D eigenvalue weighted by Crippen LogP contribution is -2.47. The van der Waals surface area contributed by atoms with Crippen molar-refractivity contribution in [1.82, 2.24) is 25.2 Å². The molecule has 0 saturated carbocycles. The Bertz CT molecular complexity index is 1220. The van der Waals surface area contributed by atoms with E-state index >= 15 is 0 Å². The fourth-order valence-electron chi connectivity index (χ4n) is 3.82. The van der Waals surface area contributed by atoms with Gasteiger partial charge in [0.1, 0.15) is 5.82 Å². The van der Waals surface area contributed by atoms with Gasteiger partial charge in [-0.05, 0) is 28.6 Å². The molecule has 160 valence electrons. The lowest BCUT2D eigenvalue weighted by Gasteiger charge is -2.35. The zero-order chi connectivity index (χ0) is 21.9. The number of nitro groups is 1. The number of piperazine rings is 1. The Morgan fingerprint density at radius 3 is 2.16 bits per heavy atom. The SMILES string of the molecule is O=[N+]([O-])c1ccc(N2CCN(c3nnnn3-c3ccccc3)CC2)nc1-c1ccccc1. The second-order valence-corrected chi connectivity index (χ2v) is 7.36. The number of benzene rings is 2. The van der Waals surface area contributed by atoms with E-state index in [0.29, 0.717) is 37.8 Å². The molecule has 5 rings (SSSR count). The van der Waals surface area contributed by atoms with Gasteiger partial charge in [-0.25, -0.2) is 4.98 Å². The zero-order valence-corrected chi connectivity index (χ0v) is 17.2. The molecule has 0 N–H and O–H groups in total. The average Bonchev–Trinajstić information content (AvgIpc) is 3.35. The molecule has 0 radical (unpaired) electrons. The summed E-state index contributed by atoms with van der Waals surface area (Å²) in [5, 5.41) is 23.7. The van der Waals surface area contributed by atoms with Gasteiger partial charge in [-0.2, -0.15) is 4.68 Å². The van der Waals surface area contributed by atoms with E-state index in [1.807, 2.05) is 60.7 Å². The predicted molar refractivity (Wildman–Crippen MR) is 120 cm³/mol. The van der Waals surface area contributed by atoms with Crippen LogP contribution in [0.15, 0.2) is 72.8 Å². The van der Waals surface area contributed by atoms with Crippen molar-refractivity contribution in [3.05, 3.63) is 82.9 Å². The maximum atomic E-state index is 11.5. The van der Waals surface area contributed by atoms with Gasteiger partial charge >= 0.3 is 0 Å². The van der Waals surface area contributed by atoms with Crippen molar-refractivity contribution < 1.29 is 4.92 Å². The van der Waals surface area contributed by atoms with Crippen molar-refractivity contribution in [3.8, 4) is 16.9 Å². The summed E-state index contributed by atoms with van der Waals surface area (Å²) in [6, 6.07) is 22.3. The highest BCUT2D eigenvalue weighted by atomic mass is 16.6. The molecule has 10 heteroatoms. The Kier molecular flexibility index (Phi) is 5.16. The highest BCUT2D eigenvalue weighted by Crippen LogP contribution is 2.30. The number of hydrogen-bond acceptors (Lipinski definition) is 8. The van der Waals surface area contributed by atoms with E-state index in [-0.39, 0.29) is 10.6 Å². The minimum Gasteiger partial charge on any atom is -0.353 e. The third kappa shape index (κ3) is 3.73. The number of rotatable bonds is 5. The molecule has 1 fully saturated rings. The molecule has 0 atom stereocenters. The summed E-state index contributed by atoms with van der Waals surface area (Å²) in [5.41, 5.74) is 2.00. The summed E-state index contributed by atoms with van der Waals surface area (Å²) in [4.78, 5) is 20.1. The van der Waals surface area contributed by atoms with Gasteiger partial charge in [-0.3, -0.25) is 10.1 Å². The van der Waals surface area contributed by atoms with Crippen LogP contribution in [0.2, 0.25) is 0 Å². The summed E-state index contributed by atoms with van der Waals surface area (Å²) in [7, 11) is 0. The Morgan fingerprint density at radius 1 is 0.812 bits per heavy atom. The van der Waals surface area contributed by atoms with Crippen LogP contribution in [0.3, 0.4) is 0 Å². The molecule has 1 aliphatic rings. The van der Waals surface area contributed by atoms with Crippen molar-refractivity contribution in [2.24, 2.45) is 0 Å². The first-order valence-electron chi connectivity index (χ1n) is 10.3. The third-order valence-corrected chi connectivity index (χ3v) is 5.44. The zero-order valence-electron chi connectivity index (χ0n) is 17.2. The smallest absolute Gasteiger partial charge is 0.295 e. The highest BCUT2D eigenvalue weighted by Gasteiger charge is 2.25. The van der Waals surface area contributed by atoms with Crippen LogP contribution in [0.5, 0.6) is 0 Å². The van der Waals surface area contributed by atoms with Gasteiger partial charge in [0.05, 0.1) is 10.6 Å². The monoisotopic (exact) mass is 428 g/mol. The molecule has 4 aromatic rings. The summed E-state index contributed by atoms with van der Waals surface area (Å²) in [6.45, 7) is 2.79. The van der Waals surface area contributed by atoms with Gasteiger partial charge in [-0.1, -0.05) is 53.6 Å². The maximum Gasteiger partial charge on any atom is 0.295 e. The third-order valence-electron chi connectivity index (χ3n) is 5.44. The Balaban J connectivity index is 1.37. The van der Waals surface area contributed by atoms with Gasteiger partial charge in [0.2, 0.25) is 5.95 Å². The highest BCUT2D eigenvalue weighted by molar-refractivity contribution is 5.71. The molecular formula is C22H20N8O2. The van der Waals surface area contributed by atoms with Crippen LogP contribution < -0.4 is 9.80 Å². The number of anilines is 2. The van der Waals surface area contributed by atoms with E-state index in [1.165, 1.54) is 6.07 Å². The summed E-state index contributed by atoms with van der Waals surface area (Å²) in [5.74, 6) is 1.41. The summed E-state index contributed by atoms with van der Waals surface area (Å²) in [6.07, 6.45) is 0. The van der Waals surface area contributed by atoms with Gasteiger partial charge in [0, 0.05) is 37.8 Å². The van der Waals surface area contributed by atoms with Gasteiger partial charge in [0.15, 0.2) is 5.69 Å². The van der Waals surface area contributed by atoms with E-state index < -0.39 is 0 Å². The minimum atomic E-state index is -0.388. The number of hydrogen-bond donors (Lipinski definition) is 0. The normalized spacial score (nSPS) is 13.9. The maximum absolute atomic E-state index is 11.5. The van der Waals surface area contributed by atoms with E-state index in [2.05, 4.69) is 30.3 Å². The molecule has 1 saturated heterocycles. The van der Waals surface area contributed by atoms with Crippen LogP contribution in [0.1, 0.15) is 0 Å². The molecule has 2 aromatic heterocycles. The van der Waals surface area contributed by atoms with E-state index in [0.717, 1.165) is 17.1 Å². The molecule has 0 unspecified atom stereocenters. The van der Waals surface area contributed by atoms with E-state index in [1.54, 1.807) is 10.7 Å². The van der Waals surface area contributed by atoms with Gasteiger partial charge < -0.3 is 9.80 Å². The number of aromatic nitrogens is 5. The molecule has 2 aromatic carbocycles. The van der Waals surface area contributed by atoms with Crippen molar-refractivity contribution >= 4 is 17.5 Å². The molecule has 3 heterocycles. The van der Waals surface area contributed by atoms with Crippen LogP contribution in [0, 0.1) is 10.1 Å². The van der Waals surface area contributed by atoms with E-state index in [4.69, 9.17) is 0 Å². The van der Waals surface area contributed by atoms with Gasteiger partial charge in [0.25, 0.3) is 5.69 Å². The summed E-state index contributed by atoms with van der Waals surface area (Å²) < 4.78 is 1.73. The lowest BCUT2D eigenvalue weighted by atomic mass is 10.1. The van der Waals surface area contributed by atoms with Crippen LogP contribution >= 0.6 is 0 Å². The van der Waals surface area contributed by atoms with Crippen LogP contribution in [0.4, 0.5) is 17.5 Å². The Labute approximate surface area is 183 Å². The van der Waals surface area contributed by atoms with Gasteiger partial charge in [-0.15, -0.1) is 0 Å². The first-order chi connectivity index (χ1) is 15.7. The van der Waals surface area contributed by atoms with Crippen LogP contribution in [-0.2, 0) is 0 Å². The molecule has 10 nitrogen and oxygen atoms in total. The molecule has 1 aliphatic heterocycles. The molecule has 0 amide bonds. The van der Waals surface area contributed by atoms with Crippen molar-refractivity contribution in [2.45, 2.75) is 0 Å². The molecule has 0 bridgehead atoms. The average molecular weight is 428 g/mol. The lowest BCUT2D eigenvalue weighted by molar-refractivity contribution is -0.384. The van der Waals surface area contributed by atoms with Crippen LogP contribution in [0.25, 0.3) is 16.9 Å². The Hall–Kier alpha value is -4.34. The largest absolute Gasteiger partial charge is 0.353 e. The van der Waals surface area contributed by atoms with E-state index in [9.17, 15) is 10.1 Å². The topological polar surface area (TPSA) is 106 Å². The van der Waals surface area contributed by atoms with Crippen molar-refractivity contribution in [3.63, 3.8) is 0 Å². The molecule has 0 spiro atoms. The predicted octanol–water partition coefficient (Wildman–Crippen LogP) is 2.96. The van der Waals surface area contributed by atoms with Crippen molar-refractivity contribution in [2.75, 3.05) is 36.0 Å². The fourth-order valence-corrected chi connectivity index (χ4v) is 3.82.